The molecule has 3 N–H and O–H groups in total. The van der Waals surface area contributed by atoms with Crippen LogP contribution in [0.25, 0.3) is 16.6 Å². The number of nitrogens with zero attached hydrogens (tertiary/aromatic N) is 3. The van der Waals surface area contributed by atoms with Crippen LogP contribution in [-0.2, 0) is 26.3 Å². The van der Waals surface area contributed by atoms with Crippen LogP contribution in [0.1, 0.15) is 12.1 Å². The smallest absolute Gasteiger partial charge is 0.280 e. The first kappa shape index (κ1) is 27.6. The molecule has 1 aromatic heterocycles. The quantitative estimate of drug-likeness (QED) is 0.319. The zero-order valence-electron chi connectivity index (χ0n) is 20.9. The molecule has 1 saturated heterocycles. The Labute approximate surface area is 233 Å². The van der Waals surface area contributed by atoms with Crippen LogP contribution in [-0.4, -0.2) is 53.4 Å². The number of fused-ring (bicyclic) bond motifs is 1. The van der Waals surface area contributed by atoms with Gasteiger partial charge in [0.05, 0.1) is 22.8 Å². The molecule has 2 amide bonds. The predicted octanol–water partition coefficient (Wildman–Crippen LogP) is 3.12. The van der Waals surface area contributed by atoms with Crippen molar-refractivity contribution >= 4 is 50.2 Å². The number of rotatable bonds is 6. The van der Waals surface area contributed by atoms with Gasteiger partial charge < -0.3 is 10.6 Å². The molecule has 1 fully saturated rings. The normalized spacial score (nSPS) is 18.9. The van der Waals surface area contributed by atoms with Gasteiger partial charge in [0.15, 0.2) is 0 Å². The molecule has 2 heterocycles. The standard InChI is InChI=1S/C26H23ClF2N6O4S/c1-34-24(26(37)31-15-10-11-18(28)17(27)12-15)13-20(33-40(34,38)39)25(36)30-14-21-16-6-2-4-8-22(16)35(32-21)23-9-5-3-7-19(23)29/h2-12,20,24,33H,13-14H2,1H3,(H,30,36)(H,31,37). The first-order chi connectivity index (χ1) is 19.0. The van der Waals surface area contributed by atoms with Gasteiger partial charge in [-0.2, -0.15) is 22.5 Å². The van der Waals surface area contributed by atoms with Gasteiger partial charge in [0, 0.05) is 18.1 Å². The van der Waals surface area contributed by atoms with E-state index in [1.807, 2.05) is 0 Å². The highest BCUT2D eigenvalue weighted by Crippen LogP contribution is 2.25. The maximum absolute atomic E-state index is 14.5. The summed E-state index contributed by atoms with van der Waals surface area (Å²) in [6.45, 7) is -0.0835. The average Bonchev–Trinajstić information content (AvgIpc) is 3.29. The van der Waals surface area contributed by atoms with E-state index in [9.17, 15) is 26.8 Å². The van der Waals surface area contributed by atoms with Gasteiger partial charge in [-0.1, -0.05) is 41.9 Å². The van der Waals surface area contributed by atoms with Crippen LogP contribution in [0.5, 0.6) is 0 Å². The molecule has 0 bridgehead atoms. The molecule has 208 valence electrons. The van der Waals surface area contributed by atoms with Crippen molar-refractivity contribution in [2.75, 3.05) is 12.4 Å². The number of carbonyl (C=O) groups is 2. The monoisotopic (exact) mass is 588 g/mol. The Morgan fingerprint density at radius 2 is 1.77 bits per heavy atom. The third-order valence-electron chi connectivity index (χ3n) is 6.55. The molecule has 1 aliphatic rings. The number of amides is 2. The second-order valence-corrected chi connectivity index (χ2v) is 11.3. The largest absolute Gasteiger partial charge is 0.349 e. The van der Waals surface area contributed by atoms with E-state index in [2.05, 4.69) is 20.5 Å². The minimum absolute atomic E-state index is 0.0835. The Balaban J connectivity index is 1.33. The number of carbonyl (C=O) groups excluding carboxylic acids is 2. The number of benzene rings is 3. The van der Waals surface area contributed by atoms with Crippen LogP contribution in [0.4, 0.5) is 14.5 Å². The van der Waals surface area contributed by atoms with Gasteiger partial charge in [-0.15, -0.1) is 0 Å². The Bertz CT molecular complexity index is 1730. The Morgan fingerprint density at radius 1 is 1.05 bits per heavy atom. The number of hydrogen-bond donors (Lipinski definition) is 3. The van der Waals surface area contributed by atoms with Crippen LogP contribution in [0.15, 0.2) is 66.7 Å². The lowest BCUT2D eigenvalue weighted by Crippen LogP contribution is -2.62. The highest BCUT2D eigenvalue weighted by Gasteiger charge is 2.42. The maximum Gasteiger partial charge on any atom is 0.280 e. The summed E-state index contributed by atoms with van der Waals surface area (Å²) in [5, 5.41) is 10.1. The van der Waals surface area contributed by atoms with E-state index in [4.69, 9.17) is 11.6 Å². The molecule has 10 nitrogen and oxygen atoms in total. The van der Waals surface area contributed by atoms with E-state index in [1.54, 1.807) is 42.5 Å². The molecule has 40 heavy (non-hydrogen) atoms. The highest BCUT2D eigenvalue weighted by molar-refractivity contribution is 7.87. The predicted molar refractivity (Wildman–Crippen MR) is 145 cm³/mol. The number of anilines is 1. The second-order valence-electron chi connectivity index (χ2n) is 9.11. The summed E-state index contributed by atoms with van der Waals surface area (Å²) in [7, 11) is -2.99. The maximum atomic E-state index is 14.5. The van der Waals surface area contributed by atoms with E-state index in [-0.39, 0.29) is 29.4 Å². The molecule has 14 heteroatoms. The fraction of sp³-hybridized carbons (Fsp3) is 0.192. The molecule has 4 aromatic rings. The molecule has 0 radical (unpaired) electrons. The minimum atomic E-state index is -4.20. The van der Waals surface area contributed by atoms with E-state index in [1.165, 1.54) is 29.9 Å². The van der Waals surface area contributed by atoms with Crippen molar-refractivity contribution in [2.24, 2.45) is 0 Å². The fourth-order valence-corrected chi connectivity index (χ4v) is 5.87. The summed E-state index contributed by atoms with van der Waals surface area (Å²) >= 11 is 5.77. The van der Waals surface area contributed by atoms with E-state index >= 15 is 0 Å². The Hall–Kier alpha value is -3.91. The summed E-state index contributed by atoms with van der Waals surface area (Å²) in [6, 6.07) is 14.3. The van der Waals surface area contributed by atoms with Crippen molar-refractivity contribution in [1.29, 1.82) is 0 Å². The lowest BCUT2D eigenvalue weighted by atomic mass is 10.1. The van der Waals surface area contributed by atoms with Crippen molar-refractivity contribution in [3.63, 3.8) is 0 Å². The molecule has 0 spiro atoms. The van der Waals surface area contributed by atoms with Crippen molar-refractivity contribution < 1.29 is 26.8 Å². The third-order valence-corrected chi connectivity index (χ3v) is 8.43. The molecule has 3 aromatic carbocycles. The summed E-state index contributed by atoms with van der Waals surface area (Å²) < 4.78 is 58.0. The van der Waals surface area contributed by atoms with E-state index < -0.39 is 45.7 Å². The van der Waals surface area contributed by atoms with Gasteiger partial charge in [0.2, 0.25) is 11.8 Å². The molecule has 0 saturated carbocycles. The third kappa shape index (κ3) is 5.41. The molecule has 2 atom stereocenters. The lowest BCUT2D eigenvalue weighted by molar-refractivity contribution is -0.124. The Kier molecular flexibility index (Phi) is 7.55. The number of nitrogens with one attached hydrogen (secondary N) is 3. The van der Waals surface area contributed by atoms with Gasteiger partial charge in [0.25, 0.3) is 10.2 Å². The molecular weight excluding hydrogens is 566 g/mol. The lowest BCUT2D eigenvalue weighted by Gasteiger charge is -2.35. The van der Waals surface area contributed by atoms with Crippen molar-refractivity contribution in [3.8, 4) is 5.69 Å². The van der Waals surface area contributed by atoms with Gasteiger partial charge >= 0.3 is 0 Å². The highest BCUT2D eigenvalue weighted by atomic mass is 35.5. The van der Waals surface area contributed by atoms with Crippen molar-refractivity contribution in [1.82, 2.24) is 24.1 Å². The number of halogens is 3. The molecule has 0 aliphatic carbocycles. The van der Waals surface area contributed by atoms with Gasteiger partial charge in [-0.25, -0.2) is 13.5 Å². The molecule has 2 unspecified atom stereocenters. The van der Waals surface area contributed by atoms with Crippen LogP contribution >= 0.6 is 11.6 Å². The van der Waals surface area contributed by atoms with Crippen LogP contribution < -0.4 is 15.4 Å². The Morgan fingerprint density at radius 3 is 2.52 bits per heavy atom. The first-order valence-corrected chi connectivity index (χ1v) is 13.9. The van der Waals surface area contributed by atoms with Gasteiger partial charge in [-0.3, -0.25) is 9.59 Å². The number of hydrogen-bond acceptors (Lipinski definition) is 5. The van der Waals surface area contributed by atoms with Gasteiger partial charge in [0.1, 0.15) is 29.4 Å². The topological polar surface area (TPSA) is 125 Å². The summed E-state index contributed by atoms with van der Waals surface area (Å²) in [5.41, 5.74) is 1.45. The van der Waals surface area contributed by atoms with Crippen LogP contribution in [0.3, 0.4) is 0 Å². The summed E-state index contributed by atoms with van der Waals surface area (Å²) in [6.07, 6.45) is -0.188. The SMILES string of the molecule is CN1C(C(=O)Nc2ccc(F)c(Cl)c2)CC(C(=O)NCc2nn(-c3ccccc3F)c3ccccc23)NS1(=O)=O. The fourth-order valence-electron chi connectivity index (χ4n) is 4.44. The van der Waals surface area contributed by atoms with Crippen molar-refractivity contribution in [3.05, 3.63) is 89.1 Å². The second kappa shape index (κ2) is 10.9. The zero-order valence-corrected chi connectivity index (χ0v) is 22.5. The first-order valence-electron chi connectivity index (χ1n) is 12.1. The van der Waals surface area contributed by atoms with Crippen LogP contribution in [0, 0.1) is 11.6 Å². The number of likely N-dealkylation sites (N-methyl/N-ethyl adjacent to an activating group) is 1. The number of aromatic nitrogens is 2. The van der Waals surface area contributed by atoms with Gasteiger partial charge in [-0.05, 0) is 42.8 Å². The summed E-state index contributed by atoms with van der Waals surface area (Å²) in [4.78, 5) is 26.1. The zero-order chi connectivity index (χ0) is 28.6. The van der Waals surface area contributed by atoms with Crippen LogP contribution in [0.2, 0.25) is 5.02 Å². The molecule has 5 rings (SSSR count). The van der Waals surface area contributed by atoms with E-state index in [0.29, 0.717) is 16.6 Å². The van der Waals surface area contributed by atoms with E-state index in [0.717, 1.165) is 10.4 Å². The average molecular weight is 589 g/mol. The minimum Gasteiger partial charge on any atom is -0.349 e. The molecule has 1 aliphatic heterocycles. The molecular formula is C26H23ClF2N6O4S. The summed E-state index contributed by atoms with van der Waals surface area (Å²) in [5.74, 6) is -2.55. The van der Waals surface area contributed by atoms with Crippen molar-refractivity contribution in [2.45, 2.75) is 25.0 Å². The number of para-hydroxylation sites is 2.